The van der Waals surface area contributed by atoms with Crippen LogP contribution >= 0.6 is 0 Å². The van der Waals surface area contributed by atoms with Gasteiger partial charge in [-0.2, -0.15) is 0 Å². The van der Waals surface area contributed by atoms with Crippen LogP contribution in [0.25, 0.3) is 0 Å². The Hall–Kier alpha value is -1.01. The molecule has 0 spiro atoms. The summed E-state index contributed by atoms with van der Waals surface area (Å²) in [7, 11) is -3.06. The maximum Gasteiger partial charge on any atom is 0.192 e. The molecule has 0 aromatic carbocycles. The van der Waals surface area contributed by atoms with E-state index in [1.165, 1.54) is 0 Å². The van der Waals surface area contributed by atoms with Crippen molar-refractivity contribution >= 4 is 16.4 Å². The Balaban J connectivity index is 4.90. The van der Waals surface area contributed by atoms with Gasteiger partial charge in [0.25, 0.3) is 0 Å². The SMILES string of the molecule is CCC=CC[C@@H](C=CC#CCC#C[Si](C)(C)C)O[Si](C)(C)C(C)(C)C. The van der Waals surface area contributed by atoms with E-state index in [0.29, 0.717) is 6.42 Å². The minimum Gasteiger partial charge on any atom is -0.410 e. The Morgan fingerprint density at radius 1 is 1.00 bits per heavy atom. The van der Waals surface area contributed by atoms with Crippen molar-refractivity contribution in [1.82, 2.24) is 0 Å². The van der Waals surface area contributed by atoms with Crippen molar-refractivity contribution in [2.75, 3.05) is 0 Å². The van der Waals surface area contributed by atoms with Crippen LogP contribution in [0.3, 0.4) is 0 Å². The van der Waals surface area contributed by atoms with Crippen molar-refractivity contribution in [3.05, 3.63) is 24.3 Å². The molecule has 0 bridgehead atoms. The van der Waals surface area contributed by atoms with Crippen LogP contribution in [0.4, 0.5) is 0 Å². The first-order valence-electron chi connectivity index (χ1n) is 9.37. The Bertz CT molecular complexity index is 564. The molecule has 0 aliphatic heterocycles. The van der Waals surface area contributed by atoms with E-state index in [1.807, 2.05) is 6.08 Å². The van der Waals surface area contributed by atoms with Gasteiger partial charge in [0.15, 0.2) is 8.32 Å². The lowest BCUT2D eigenvalue weighted by Gasteiger charge is -2.38. The minimum absolute atomic E-state index is 0.103. The van der Waals surface area contributed by atoms with E-state index in [9.17, 15) is 0 Å². The molecule has 0 aliphatic carbocycles. The van der Waals surface area contributed by atoms with E-state index >= 15 is 0 Å². The first-order valence-corrected chi connectivity index (χ1v) is 15.8. The maximum absolute atomic E-state index is 6.53. The van der Waals surface area contributed by atoms with E-state index in [2.05, 4.69) is 102 Å². The molecule has 140 valence electrons. The Morgan fingerprint density at radius 3 is 2.16 bits per heavy atom. The van der Waals surface area contributed by atoms with Crippen LogP contribution in [0.2, 0.25) is 37.8 Å². The van der Waals surface area contributed by atoms with Gasteiger partial charge < -0.3 is 4.43 Å². The molecule has 3 heteroatoms. The van der Waals surface area contributed by atoms with Gasteiger partial charge in [-0.05, 0) is 43.1 Å². The summed E-state index contributed by atoms with van der Waals surface area (Å²) in [5, 5.41) is 0.214. The summed E-state index contributed by atoms with van der Waals surface area (Å²) in [6.45, 7) is 20.3. The van der Waals surface area contributed by atoms with Crippen molar-refractivity contribution in [2.24, 2.45) is 0 Å². The molecule has 0 aliphatic rings. The van der Waals surface area contributed by atoms with E-state index in [-0.39, 0.29) is 11.1 Å². The molecule has 0 heterocycles. The van der Waals surface area contributed by atoms with E-state index < -0.39 is 16.4 Å². The lowest BCUT2D eigenvalue weighted by molar-refractivity contribution is 0.228. The van der Waals surface area contributed by atoms with Gasteiger partial charge in [0.05, 0.1) is 12.5 Å². The molecule has 0 unspecified atom stereocenters. The fourth-order valence-corrected chi connectivity index (χ4v) is 3.64. The monoisotopic (exact) mass is 374 g/mol. The predicted octanol–water partition coefficient (Wildman–Crippen LogP) is 6.56. The molecule has 0 aromatic heterocycles. The van der Waals surface area contributed by atoms with Crippen LogP contribution in [0.1, 0.15) is 47.0 Å². The lowest BCUT2D eigenvalue weighted by atomic mass is 10.2. The van der Waals surface area contributed by atoms with Crippen LogP contribution in [0, 0.1) is 23.3 Å². The summed E-state index contributed by atoms with van der Waals surface area (Å²) in [6, 6.07) is 0. The number of allylic oxidation sites excluding steroid dienone is 2. The molecule has 0 rings (SSSR count). The summed E-state index contributed by atoms with van der Waals surface area (Å²) in [6.07, 6.45) is 11.2. The fraction of sp³-hybridized carbons (Fsp3) is 0.636. The van der Waals surface area contributed by atoms with Gasteiger partial charge in [0.1, 0.15) is 8.07 Å². The highest BCUT2D eigenvalue weighted by molar-refractivity contribution is 6.83. The Kier molecular flexibility index (Phi) is 10.4. The van der Waals surface area contributed by atoms with E-state index in [1.54, 1.807) is 0 Å². The fourth-order valence-electron chi connectivity index (χ4n) is 1.74. The van der Waals surface area contributed by atoms with Crippen LogP contribution in [0.5, 0.6) is 0 Å². The average molecular weight is 375 g/mol. The second-order valence-electron chi connectivity index (χ2n) is 8.94. The zero-order chi connectivity index (χ0) is 19.6. The third-order valence-electron chi connectivity index (χ3n) is 4.16. The van der Waals surface area contributed by atoms with Gasteiger partial charge in [0.2, 0.25) is 0 Å². The number of hydrogen-bond donors (Lipinski definition) is 0. The third-order valence-corrected chi connectivity index (χ3v) is 9.59. The summed E-state index contributed by atoms with van der Waals surface area (Å²) in [5.74, 6) is 9.42. The highest BCUT2D eigenvalue weighted by Crippen LogP contribution is 2.37. The topological polar surface area (TPSA) is 9.23 Å². The standard InChI is InChI=1S/C22H38OSi2/c1-10-11-15-18-21(23-25(8,9)22(2,3)4)19-16-13-12-14-17-20-24(5,6)7/h11,15-16,19,21H,10,14,18H2,1-9H3/t21-/m0/s1. The molecule has 0 fully saturated rings. The second-order valence-corrected chi connectivity index (χ2v) is 18.4. The summed E-state index contributed by atoms with van der Waals surface area (Å²) < 4.78 is 6.53. The van der Waals surface area contributed by atoms with Crippen LogP contribution in [-0.4, -0.2) is 22.5 Å². The van der Waals surface area contributed by atoms with Crippen molar-refractivity contribution < 1.29 is 4.43 Å². The van der Waals surface area contributed by atoms with Gasteiger partial charge in [-0.3, -0.25) is 0 Å². The normalized spacial score (nSPS) is 14.1. The van der Waals surface area contributed by atoms with Crippen molar-refractivity contribution in [3.63, 3.8) is 0 Å². The molecule has 0 amide bonds. The van der Waals surface area contributed by atoms with Crippen molar-refractivity contribution in [3.8, 4) is 23.3 Å². The van der Waals surface area contributed by atoms with Gasteiger partial charge in [0, 0.05) is 0 Å². The molecular weight excluding hydrogens is 336 g/mol. The van der Waals surface area contributed by atoms with Gasteiger partial charge in [-0.25, -0.2) is 0 Å². The van der Waals surface area contributed by atoms with Crippen LogP contribution in [0.15, 0.2) is 24.3 Å². The number of rotatable bonds is 6. The highest BCUT2D eigenvalue weighted by atomic mass is 28.4. The lowest BCUT2D eigenvalue weighted by Crippen LogP contribution is -2.43. The van der Waals surface area contributed by atoms with E-state index in [0.717, 1.165) is 12.8 Å². The molecule has 0 saturated carbocycles. The predicted molar refractivity (Wildman–Crippen MR) is 119 cm³/mol. The molecule has 1 atom stereocenters. The first-order chi connectivity index (χ1) is 11.4. The average Bonchev–Trinajstić information content (AvgIpc) is 2.43. The first kappa shape index (κ1) is 24.0. The molecule has 0 aromatic rings. The molecule has 1 nitrogen and oxygen atoms in total. The Morgan fingerprint density at radius 2 is 1.64 bits per heavy atom. The quantitative estimate of drug-likeness (QED) is 0.290. The zero-order valence-electron chi connectivity index (χ0n) is 17.9. The summed E-state index contributed by atoms with van der Waals surface area (Å²) in [4.78, 5) is 0. The van der Waals surface area contributed by atoms with Crippen LogP contribution < -0.4 is 0 Å². The smallest absolute Gasteiger partial charge is 0.192 e. The van der Waals surface area contributed by atoms with Gasteiger partial charge >= 0.3 is 0 Å². The van der Waals surface area contributed by atoms with Crippen molar-refractivity contribution in [2.45, 2.75) is 90.8 Å². The van der Waals surface area contributed by atoms with Crippen LogP contribution in [-0.2, 0) is 4.43 Å². The van der Waals surface area contributed by atoms with Crippen molar-refractivity contribution in [1.29, 1.82) is 0 Å². The molecule has 0 saturated heterocycles. The zero-order valence-corrected chi connectivity index (χ0v) is 19.9. The molecule has 0 radical (unpaired) electrons. The third kappa shape index (κ3) is 12.1. The molecule has 25 heavy (non-hydrogen) atoms. The second kappa shape index (κ2) is 10.9. The van der Waals surface area contributed by atoms with Gasteiger partial charge in [-0.15, -0.1) is 5.54 Å². The molecule has 0 N–H and O–H groups in total. The summed E-state index contributed by atoms with van der Waals surface area (Å²) in [5.41, 5.74) is 3.34. The summed E-state index contributed by atoms with van der Waals surface area (Å²) >= 11 is 0. The van der Waals surface area contributed by atoms with E-state index in [4.69, 9.17) is 4.43 Å². The maximum atomic E-state index is 6.53. The Labute approximate surface area is 159 Å². The minimum atomic E-state index is -1.78. The number of hydrogen-bond acceptors (Lipinski definition) is 1. The largest absolute Gasteiger partial charge is 0.410 e. The van der Waals surface area contributed by atoms with Gasteiger partial charge in [-0.1, -0.05) is 77.2 Å². The highest BCUT2D eigenvalue weighted by Gasteiger charge is 2.38. The molecular formula is C22H38OSi2.